The Morgan fingerprint density at radius 3 is 2.38 bits per heavy atom. The van der Waals surface area contributed by atoms with Gasteiger partial charge in [-0.2, -0.15) is 0 Å². The maximum absolute atomic E-state index is 12.4. The van der Waals surface area contributed by atoms with Crippen LogP contribution in [0.25, 0.3) is 5.57 Å². The monoisotopic (exact) mass is 372 g/mol. The van der Waals surface area contributed by atoms with Crippen LogP contribution in [0.15, 0.2) is 30.0 Å². The fourth-order valence-corrected chi connectivity index (χ4v) is 5.15. The largest absolute Gasteiger partial charge is 0.444 e. The van der Waals surface area contributed by atoms with E-state index < -0.39 is 13.7 Å². The minimum Gasteiger partial charge on any atom is -0.444 e. The summed E-state index contributed by atoms with van der Waals surface area (Å²) in [4.78, 5) is 14.3. The first-order valence-corrected chi connectivity index (χ1v) is 13.2. The second kappa shape index (κ2) is 6.45. The summed E-state index contributed by atoms with van der Waals surface area (Å²) in [6.45, 7) is 14.3. The highest BCUT2D eigenvalue weighted by Crippen LogP contribution is 2.48. The van der Waals surface area contributed by atoms with Crippen LogP contribution >= 0.6 is 0 Å². The van der Waals surface area contributed by atoms with Gasteiger partial charge in [0.2, 0.25) is 0 Å². The van der Waals surface area contributed by atoms with E-state index in [0.29, 0.717) is 0 Å². The van der Waals surface area contributed by atoms with Crippen LogP contribution in [0.4, 0.5) is 10.5 Å². The number of fused-ring (bicyclic) bond motifs is 1. The van der Waals surface area contributed by atoms with E-state index in [4.69, 9.17) is 4.74 Å². The van der Waals surface area contributed by atoms with E-state index in [1.165, 1.54) is 16.8 Å². The molecule has 26 heavy (non-hydrogen) atoms. The molecule has 0 aromatic heterocycles. The standard InChI is InChI=1S/C21H32N2O2Si/c1-20(2,3)25-19(24)23-13-11-21(12-14-23)17(15-26(4,5)6)16-9-7-8-10-18(16)22-21/h7-10,15,22H,11-14H2,1-6H3/b17-15+. The van der Waals surface area contributed by atoms with Crippen molar-refractivity contribution >= 4 is 25.4 Å². The van der Waals surface area contributed by atoms with E-state index in [2.05, 4.69) is 54.9 Å². The van der Waals surface area contributed by atoms with Gasteiger partial charge >= 0.3 is 6.09 Å². The Kier molecular flexibility index (Phi) is 4.72. The molecule has 1 saturated heterocycles. The number of anilines is 1. The number of benzene rings is 1. The van der Waals surface area contributed by atoms with Crippen LogP contribution in [0.3, 0.4) is 0 Å². The number of hydrogen-bond donors (Lipinski definition) is 1. The molecule has 142 valence electrons. The van der Waals surface area contributed by atoms with E-state index >= 15 is 0 Å². The fraction of sp³-hybridized carbons (Fsp3) is 0.571. The number of nitrogens with zero attached hydrogens (tertiary/aromatic N) is 1. The van der Waals surface area contributed by atoms with Crippen molar-refractivity contribution in [1.29, 1.82) is 0 Å². The van der Waals surface area contributed by atoms with Crippen molar-refractivity contribution in [2.24, 2.45) is 0 Å². The first kappa shape index (κ1) is 19.0. The first-order chi connectivity index (χ1) is 12.0. The molecule has 1 spiro atoms. The lowest BCUT2D eigenvalue weighted by Crippen LogP contribution is -2.50. The normalized spacial score (nSPS) is 20.8. The van der Waals surface area contributed by atoms with Crippen molar-refractivity contribution in [1.82, 2.24) is 4.90 Å². The minimum atomic E-state index is -1.38. The summed E-state index contributed by atoms with van der Waals surface area (Å²) in [5.74, 6) is 0. The summed E-state index contributed by atoms with van der Waals surface area (Å²) in [7, 11) is -1.38. The number of ether oxygens (including phenoxy) is 1. The van der Waals surface area contributed by atoms with Gasteiger partial charge in [0, 0.05) is 24.3 Å². The van der Waals surface area contributed by atoms with Crippen molar-refractivity contribution in [3.8, 4) is 0 Å². The van der Waals surface area contributed by atoms with Crippen LogP contribution < -0.4 is 5.32 Å². The Balaban J connectivity index is 1.83. The van der Waals surface area contributed by atoms with Gasteiger partial charge < -0.3 is 15.0 Å². The highest BCUT2D eigenvalue weighted by molar-refractivity contribution is 6.81. The molecule has 0 radical (unpaired) electrons. The highest BCUT2D eigenvalue weighted by Gasteiger charge is 2.45. The van der Waals surface area contributed by atoms with Crippen LogP contribution in [-0.4, -0.2) is 43.3 Å². The number of carbonyl (C=O) groups is 1. The van der Waals surface area contributed by atoms with Gasteiger partial charge in [0.25, 0.3) is 0 Å². The molecule has 2 aliphatic rings. The van der Waals surface area contributed by atoms with Crippen molar-refractivity contribution in [3.05, 3.63) is 35.5 Å². The van der Waals surface area contributed by atoms with Crippen LogP contribution in [-0.2, 0) is 4.74 Å². The second-order valence-corrected chi connectivity index (χ2v) is 14.7. The summed E-state index contributed by atoms with van der Waals surface area (Å²) < 4.78 is 5.56. The molecule has 1 aromatic rings. The Hall–Kier alpha value is -1.75. The Morgan fingerprint density at radius 2 is 1.81 bits per heavy atom. The molecule has 5 heteroatoms. The molecule has 0 atom stereocenters. The third kappa shape index (κ3) is 3.98. The Bertz CT molecular complexity index is 720. The average molecular weight is 373 g/mol. The number of nitrogens with one attached hydrogen (secondary N) is 1. The molecular weight excluding hydrogens is 340 g/mol. The lowest BCUT2D eigenvalue weighted by Gasteiger charge is -2.41. The van der Waals surface area contributed by atoms with Gasteiger partial charge in [-0.3, -0.25) is 0 Å². The van der Waals surface area contributed by atoms with Crippen molar-refractivity contribution in [2.75, 3.05) is 18.4 Å². The molecule has 2 aliphatic heterocycles. The first-order valence-electron chi connectivity index (χ1n) is 9.58. The Labute approximate surface area is 158 Å². The fourth-order valence-electron chi connectivity index (χ4n) is 3.85. The van der Waals surface area contributed by atoms with Gasteiger partial charge in [0.15, 0.2) is 0 Å². The smallest absolute Gasteiger partial charge is 0.410 e. The van der Waals surface area contributed by atoms with E-state index in [0.717, 1.165) is 25.9 Å². The number of para-hydroxylation sites is 1. The lowest BCUT2D eigenvalue weighted by molar-refractivity contribution is 0.0196. The van der Waals surface area contributed by atoms with E-state index in [1.807, 2.05) is 25.7 Å². The van der Waals surface area contributed by atoms with Gasteiger partial charge in [-0.05, 0) is 45.3 Å². The third-order valence-electron chi connectivity index (χ3n) is 4.95. The van der Waals surface area contributed by atoms with Crippen LogP contribution in [0.2, 0.25) is 19.6 Å². The average Bonchev–Trinajstić information content (AvgIpc) is 2.78. The number of hydrogen-bond acceptors (Lipinski definition) is 3. The summed E-state index contributed by atoms with van der Waals surface area (Å²) in [5.41, 5.74) is 6.04. The summed E-state index contributed by atoms with van der Waals surface area (Å²) in [6, 6.07) is 8.60. The topological polar surface area (TPSA) is 41.6 Å². The molecule has 3 rings (SSSR count). The van der Waals surface area contributed by atoms with Gasteiger partial charge in [-0.25, -0.2) is 4.79 Å². The molecule has 0 bridgehead atoms. The number of rotatable bonds is 1. The number of carbonyl (C=O) groups excluding carboxylic acids is 1. The summed E-state index contributed by atoms with van der Waals surface area (Å²) in [5, 5.41) is 3.81. The number of piperidine rings is 1. The zero-order valence-electron chi connectivity index (χ0n) is 17.0. The second-order valence-electron chi connectivity index (χ2n) is 9.64. The van der Waals surface area contributed by atoms with Gasteiger partial charge in [-0.1, -0.05) is 43.5 Å². The van der Waals surface area contributed by atoms with Crippen LogP contribution in [0.1, 0.15) is 39.2 Å². The molecule has 4 nitrogen and oxygen atoms in total. The zero-order chi connectivity index (χ0) is 19.2. The van der Waals surface area contributed by atoms with E-state index in [-0.39, 0.29) is 11.6 Å². The summed E-state index contributed by atoms with van der Waals surface area (Å²) >= 11 is 0. The maximum atomic E-state index is 12.4. The van der Waals surface area contributed by atoms with Gasteiger partial charge in [0.05, 0.1) is 13.6 Å². The number of amides is 1. The molecule has 0 unspecified atom stereocenters. The molecule has 1 fully saturated rings. The molecular formula is C21H32N2O2Si. The highest BCUT2D eigenvalue weighted by atomic mass is 28.3. The quantitative estimate of drug-likeness (QED) is 0.694. The predicted octanol–water partition coefficient (Wildman–Crippen LogP) is 5.14. The minimum absolute atomic E-state index is 0.0531. The molecule has 0 saturated carbocycles. The lowest BCUT2D eigenvalue weighted by atomic mass is 9.81. The van der Waals surface area contributed by atoms with Gasteiger partial charge in [0.1, 0.15) is 5.60 Å². The third-order valence-corrected chi connectivity index (χ3v) is 6.11. The molecule has 1 aromatic carbocycles. The van der Waals surface area contributed by atoms with E-state index in [1.54, 1.807) is 0 Å². The van der Waals surface area contributed by atoms with Gasteiger partial charge in [-0.15, -0.1) is 0 Å². The maximum Gasteiger partial charge on any atom is 0.410 e. The van der Waals surface area contributed by atoms with Crippen LogP contribution in [0, 0.1) is 0 Å². The SMILES string of the molecule is CC(C)(C)OC(=O)N1CCC2(CC1)Nc1ccccc1/C2=C\[Si](C)(C)C. The van der Waals surface area contributed by atoms with Crippen LogP contribution in [0.5, 0.6) is 0 Å². The van der Waals surface area contributed by atoms with Crippen molar-refractivity contribution in [2.45, 2.75) is 64.4 Å². The zero-order valence-corrected chi connectivity index (χ0v) is 18.0. The number of likely N-dealkylation sites (tertiary alicyclic amines) is 1. The molecule has 2 heterocycles. The molecule has 1 amide bonds. The predicted molar refractivity (Wildman–Crippen MR) is 111 cm³/mol. The molecule has 1 N–H and O–H groups in total. The molecule has 0 aliphatic carbocycles. The summed E-state index contributed by atoms with van der Waals surface area (Å²) in [6.07, 6.45) is 1.63. The Morgan fingerprint density at radius 1 is 1.19 bits per heavy atom. The van der Waals surface area contributed by atoms with Crippen molar-refractivity contribution in [3.63, 3.8) is 0 Å². The van der Waals surface area contributed by atoms with E-state index in [9.17, 15) is 4.79 Å². The van der Waals surface area contributed by atoms with Crippen molar-refractivity contribution < 1.29 is 9.53 Å².